The first kappa shape index (κ1) is 23.9. The van der Waals surface area contributed by atoms with Crippen LogP contribution < -0.4 is 15.4 Å². The lowest BCUT2D eigenvalue weighted by atomic mass is 10.1. The molecule has 0 aliphatic rings. The molecule has 0 aromatic heterocycles. The van der Waals surface area contributed by atoms with Gasteiger partial charge >= 0.3 is 0 Å². The summed E-state index contributed by atoms with van der Waals surface area (Å²) in [5, 5.41) is 4.72. The van der Waals surface area contributed by atoms with Gasteiger partial charge in [0.25, 0.3) is 15.9 Å². The molecule has 0 fully saturated rings. The molecule has 172 valence electrons. The first-order valence-corrected chi connectivity index (χ1v) is 11.3. The molecule has 3 N–H and O–H groups in total. The van der Waals surface area contributed by atoms with E-state index in [0.29, 0.717) is 11.3 Å². The fraction of sp³-hybridized carbons (Fsp3) is 0.130. The van der Waals surface area contributed by atoms with Crippen molar-refractivity contribution in [2.24, 2.45) is 0 Å². The third-order valence-corrected chi connectivity index (χ3v) is 6.06. The van der Waals surface area contributed by atoms with Crippen LogP contribution in [-0.4, -0.2) is 26.8 Å². The Labute approximate surface area is 189 Å². The van der Waals surface area contributed by atoms with Crippen LogP contribution in [-0.2, 0) is 14.8 Å². The molecule has 0 radical (unpaired) electrons. The Morgan fingerprint density at radius 1 is 0.848 bits per heavy atom. The molecule has 33 heavy (non-hydrogen) atoms. The molecule has 0 heterocycles. The van der Waals surface area contributed by atoms with E-state index >= 15 is 0 Å². The monoisotopic (exact) mass is 473 g/mol. The molecule has 0 saturated heterocycles. The maximum Gasteiger partial charge on any atom is 0.261 e. The van der Waals surface area contributed by atoms with Gasteiger partial charge in [0.1, 0.15) is 0 Å². The summed E-state index contributed by atoms with van der Waals surface area (Å²) in [7, 11) is -3.95. The number of rotatable bonds is 7. The van der Waals surface area contributed by atoms with E-state index in [4.69, 9.17) is 0 Å². The van der Waals surface area contributed by atoms with Gasteiger partial charge in [0.2, 0.25) is 5.91 Å². The molecule has 3 aromatic carbocycles. The highest BCUT2D eigenvalue weighted by atomic mass is 32.2. The maximum absolute atomic E-state index is 13.2. The molecule has 0 bridgehead atoms. The number of carbonyl (C=O) groups excluding carboxylic acids is 2. The second-order valence-corrected chi connectivity index (χ2v) is 8.99. The average molecular weight is 474 g/mol. The Morgan fingerprint density at radius 3 is 2.18 bits per heavy atom. The molecule has 0 unspecified atom stereocenters. The second-order valence-electron chi connectivity index (χ2n) is 7.31. The van der Waals surface area contributed by atoms with Crippen molar-refractivity contribution in [2.45, 2.75) is 18.7 Å². The van der Waals surface area contributed by atoms with Gasteiger partial charge in [-0.3, -0.25) is 14.3 Å². The van der Waals surface area contributed by atoms with Crippen LogP contribution >= 0.6 is 0 Å². The Bertz CT molecular complexity index is 1310. The minimum absolute atomic E-state index is 0.0274. The Hall–Kier alpha value is -3.79. The molecule has 0 aliphatic carbocycles. The van der Waals surface area contributed by atoms with Crippen molar-refractivity contribution in [2.75, 3.05) is 16.6 Å². The quantitative estimate of drug-likeness (QED) is 0.486. The molecule has 3 rings (SSSR count). The Kier molecular flexibility index (Phi) is 7.07. The number of sulfonamides is 1. The molecule has 3 aromatic rings. The molecular formula is C23H21F2N3O4S. The van der Waals surface area contributed by atoms with E-state index in [9.17, 15) is 26.8 Å². The van der Waals surface area contributed by atoms with Crippen LogP contribution in [0, 0.1) is 25.5 Å². The van der Waals surface area contributed by atoms with E-state index in [1.54, 1.807) is 31.2 Å². The predicted molar refractivity (Wildman–Crippen MR) is 120 cm³/mol. The number of nitrogens with one attached hydrogen (secondary N) is 3. The number of amides is 2. The molecular weight excluding hydrogens is 452 g/mol. The smallest absolute Gasteiger partial charge is 0.261 e. The molecule has 10 heteroatoms. The van der Waals surface area contributed by atoms with Gasteiger partial charge in [-0.15, -0.1) is 0 Å². The minimum Gasteiger partial charge on any atom is -0.343 e. The van der Waals surface area contributed by atoms with Gasteiger partial charge in [-0.05, 0) is 55.8 Å². The summed E-state index contributed by atoms with van der Waals surface area (Å²) in [6, 6.07) is 13.7. The predicted octanol–water partition coefficient (Wildman–Crippen LogP) is 3.75. The zero-order chi connectivity index (χ0) is 24.2. The highest BCUT2D eigenvalue weighted by Gasteiger charge is 2.19. The number of hydrogen-bond donors (Lipinski definition) is 3. The van der Waals surface area contributed by atoms with E-state index in [1.807, 2.05) is 6.92 Å². The van der Waals surface area contributed by atoms with E-state index in [2.05, 4.69) is 15.4 Å². The number of benzene rings is 3. The van der Waals surface area contributed by atoms with Crippen LogP contribution in [0.15, 0.2) is 65.6 Å². The molecule has 0 spiro atoms. The third kappa shape index (κ3) is 6.13. The number of anilines is 2. The Balaban J connectivity index is 1.69. The highest BCUT2D eigenvalue weighted by molar-refractivity contribution is 7.92. The largest absolute Gasteiger partial charge is 0.343 e. The van der Waals surface area contributed by atoms with Gasteiger partial charge in [-0.2, -0.15) is 0 Å². The van der Waals surface area contributed by atoms with E-state index in [-0.39, 0.29) is 16.1 Å². The lowest BCUT2D eigenvalue weighted by molar-refractivity contribution is -0.115. The molecule has 2 amide bonds. The SMILES string of the molecule is Cc1ccc(NS(=O)(=O)c2ccc(C)c(C(=O)NCC(=O)Nc3ccc(F)c(F)c3)c2)cc1. The van der Waals surface area contributed by atoms with E-state index in [0.717, 1.165) is 17.7 Å². The summed E-state index contributed by atoms with van der Waals surface area (Å²) in [5.41, 5.74) is 1.95. The average Bonchev–Trinajstić information content (AvgIpc) is 2.76. The van der Waals surface area contributed by atoms with Crippen molar-refractivity contribution >= 4 is 33.2 Å². The molecule has 0 saturated carbocycles. The summed E-state index contributed by atoms with van der Waals surface area (Å²) in [6.07, 6.45) is 0. The first-order valence-electron chi connectivity index (χ1n) is 9.78. The number of carbonyl (C=O) groups is 2. The van der Waals surface area contributed by atoms with Gasteiger partial charge in [-0.1, -0.05) is 23.8 Å². The van der Waals surface area contributed by atoms with Crippen LogP contribution in [0.2, 0.25) is 0 Å². The van der Waals surface area contributed by atoms with Crippen LogP contribution in [0.4, 0.5) is 20.2 Å². The minimum atomic E-state index is -3.95. The highest BCUT2D eigenvalue weighted by Crippen LogP contribution is 2.20. The number of aryl methyl sites for hydroxylation is 2. The Morgan fingerprint density at radius 2 is 1.52 bits per heavy atom. The van der Waals surface area contributed by atoms with Crippen LogP contribution in [0.5, 0.6) is 0 Å². The molecule has 0 aliphatic heterocycles. The normalized spacial score (nSPS) is 11.0. The van der Waals surface area contributed by atoms with E-state index in [1.165, 1.54) is 24.3 Å². The van der Waals surface area contributed by atoms with Crippen LogP contribution in [0.1, 0.15) is 21.5 Å². The van der Waals surface area contributed by atoms with Crippen molar-refractivity contribution in [1.29, 1.82) is 0 Å². The standard InChI is InChI=1S/C23H21F2N3O4S/c1-14-3-6-16(7-4-14)28-33(31,32)18-9-5-15(2)19(12-18)23(30)26-13-22(29)27-17-8-10-20(24)21(25)11-17/h3-12,28H,13H2,1-2H3,(H,26,30)(H,27,29). The zero-order valence-corrected chi connectivity index (χ0v) is 18.6. The van der Waals surface area contributed by atoms with Crippen molar-refractivity contribution in [3.05, 3.63) is 89.0 Å². The topological polar surface area (TPSA) is 104 Å². The number of hydrogen-bond acceptors (Lipinski definition) is 4. The van der Waals surface area contributed by atoms with Crippen molar-refractivity contribution in [3.8, 4) is 0 Å². The summed E-state index contributed by atoms with van der Waals surface area (Å²) >= 11 is 0. The summed E-state index contributed by atoms with van der Waals surface area (Å²) in [6.45, 7) is 3.04. The van der Waals surface area contributed by atoms with Gasteiger partial charge < -0.3 is 10.6 Å². The third-order valence-electron chi connectivity index (χ3n) is 4.68. The van der Waals surface area contributed by atoms with Crippen LogP contribution in [0.25, 0.3) is 0 Å². The molecule has 7 nitrogen and oxygen atoms in total. The van der Waals surface area contributed by atoms with Gasteiger partial charge in [0.15, 0.2) is 11.6 Å². The van der Waals surface area contributed by atoms with Gasteiger partial charge in [0, 0.05) is 23.0 Å². The first-order chi connectivity index (χ1) is 15.5. The fourth-order valence-electron chi connectivity index (χ4n) is 2.88. The lowest BCUT2D eigenvalue weighted by Gasteiger charge is -2.12. The zero-order valence-electron chi connectivity index (χ0n) is 17.8. The maximum atomic E-state index is 13.2. The van der Waals surface area contributed by atoms with Crippen LogP contribution in [0.3, 0.4) is 0 Å². The van der Waals surface area contributed by atoms with Gasteiger partial charge in [-0.25, -0.2) is 17.2 Å². The number of halogens is 2. The van der Waals surface area contributed by atoms with Crippen molar-refractivity contribution < 1.29 is 26.8 Å². The second kappa shape index (κ2) is 9.78. The molecule has 0 atom stereocenters. The summed E-state index contributed by atoms with van der Waals surface area (Å²) in [4.78, 5) is 24.5. The van der Waals surface area contributed by atoms with Crippen molar-refractivity contribution in [3.63, 3.8) is 0 Å². The summed E-state index contributed by atoms with van der Waals surface area (Å²) < 4.78 is 54.1. The fourth-order valence-corrected chi connectivity index (χ4v) is 3.97. The summed E-state index contributed by atoms with van der Waals surface area (Å²) in [5.74, 6) is -3.51. The van der Waals surface area contributed by atoms with Crippen molar-refractivity contribution in [1.82, 2.24) is 5.32 Å². The van der Waals surface area contributed by atoms with Gasteiger partial charge in [0.05, 0.1) is 11.4 Å². The lowest BCUT2D eigenvalue weighted by Crippen LogP contribution is -2.33. The van der Waals surface area contributed by atoms with E-state index < -0.39 is 40.0 Å².